The number of urea groups is 1. The number of nitrogens with one attached hydrogen (secondary N) is 1. The van der Waals surface area contributed by atoms with Gasteiger partial charge in [-0.05, 0) is 30.5 Å². The van der Waals surface area contributed by atoms with Crippen LogP contribution in [0.25, 0.3) is 0 Å². The average molecular weight is 343 g/mol. The van der Waals surface area contributed by atoms with Gasteiger partial charge in [-0.1, -0.05) is 23.7 Å². The van der Waals surface area contributed by atoms with Gasteiger partial charge in [-0.3, -0.25) is 0 Å². The predicted molar refractivity (Wildman–Crippen MR) is 92.6 cm³/mol. The summed E-state index contributed by atoms with van der Waals surface area (Å²) in [6.07, 6.45) is 2.35. The van der Waals surface area contributed by atoms with Crippen LogP contribution >= 0.6 is 23.4 Å². The van der Waals surface area contributed by atoms with Crippen LogP contribution in [0.4, 0.5) is 4.79 Å². The van der Waals surface area contributed by atoms with Crippen LogP contribution in [0.1, 0.15) is 18.4 Å². The maximum absolute atomic E-state index is 11.9. The molecule has 2 amide bonds. The van der Waals surface area contributed by atoms with Gasteiger partial charge in [-0.15, -0.1) is 0 Å². The Morgan fingerprint density at radius 3 is 3.14 bits per heavy atom. The Labute approximate surface area is 141 Å². The van der Waals surface area contributed by atoms with Crippen LogP contribution in [-0.4, -0.2) is 49.5 Å². The number of nitrogens with zero attached hydrogens (tertiary/aromatic N) is 1. The molecule has 2 rings (SSSR count). The van der Waals surface area contributed by atoms with E-state index >= 15 is 0 Å². The van der Waals surface area contributed by atoms with E-state index in [1.165, 1.54) is 5.56 Å². The third-order valence-electron chi connectivity index (χ3n) is 3.53. The molecule has 0 saturated carbocycles. The zero-order valence-electron chi connectivity index (χ0n) is 12.9. The van der Waals surface area contributed by atoms with Crippen LogP contribution in [0.2, 0.25) is 5.02 Å². The highest BCUT2D eigenvalue weighted by atomic mass is 35.5. The molecule has 1 aromatic rings. The van der Waals surface area contributed by atoms with E-state index in [2.05, 4.69) is 11.4 Å². The van der Waals surface area contributed by atoms with Crippen molar-refractivity contribution < 1.29 is 9.53 Å². The number of ether oxygens (including phenoxy) is 1. The van der Waals surface area contributed by atoms with E-state index in [9.17, 15) is 4.79 Å². The molecule has 0 spiro atoms. The fourth-order valence-corrected chi connectivity index (χ4v) is 3.38. The maximum atomic E-state index is 11.9. The van der Waals surface area contributed by atoms with Gasteiger partial charge in [0.05, 0.1) is 6.10 Å². The maximum Gasteiger partial charge on any atom is 0.317 e. The van der Waals surface area contributed by atoms with Gasteiger partial charge in [0, 0.05) is 43.3 Å². The summed E-state index contributed by atoms with van der Waals surface area (Å²) in [4.78, 5) is 13.6. The fraction of sp³-hybridized carbons (Fsp3) is 0.562. The topological polar surface area (TPSA) is 41.6 Å². The molecule has 0 radical (unpaired) electrons. The number of amides is 2. The van der Waals surface area contributed by atoms with Crippen LogP contribution in [0, 0.1) is 0 Å². The van der Waals surface area contributed by atoms with Crippen molar-refractivity contribution >= 4 is 29.4 Å². The number of rotatable bonds is 7. The number of carbonyl (C=O) groups excluding carboxylic acids is 1. The first kappa shape index (κ1) is 17.4. The average Bonchev–Trinajstić information content (AvgIpc) is 2.99. The van der Waals surface area contributed by atoms with E-state index in [1.54, 1.807) is 16.7 Å². The summed E-state index contributed by atoms with van der Waals surface area (Å²) in [7, 11) is 1.82. The van der Waals surface area contributed by atoms with Gasteiger partial charge in [0.15, 0.2) is 0 Å². The number of hydrogen-bond donors (Lipinski definition) is 1. The first-order chi connectivity index (χ1) is 10.6. The van der Waals surface area contributed by atoms with Crippen molar-refractivity contribution in [1.82, 2.24) is 10.2 Å². The Balaban J connectivity index is 1.56. The van der Waals surface area contributed by atoms with Crippen molar-refractivity contribution in [3.05, 3.63) is 34.9 Å². The van der Waals surface area contributed by atoms with Crippen molar-refractivity contribution in [3.63, 3.8) is 0 Å². The first-order valence-corrected chi connectivity index (χ1v) is 9.11. The summed E-state index contributed by atoms with van der Waals surface area (Å²) in [5, 5.41) is 3.70. The van der Waals surface area contributed by atoms with E-state index in [4.69, 9.17) is 16.3 Å². The lowest BCUT2D eigenvalue weighted by molar-refractivity contribution is 0.0876. The van der Waals surface area contributed by atoms with Crippen LogP contribution in [0.3, 0.4) is 0 Å². The van der Waals surface area contributed by atoms with Gasteiger partial charge in [0.1, 0.15) is 0 Å². The van der Waals surface area contributed by atoms with Gasteiger partial charge in [0.25, 0.3) is 0 Å². The van der Waals surface area contributed by atoms with E-state index in [0.29, 0.717) is 13.1 Å². The summed E-state index contributed by atoms with van der Waals surface area (Å²) in [5.74, 6) is 1.79. The number of benzene rings is 1. The Kier molecular flexibility index (Phi) is 7.36. The van der Waals surface area contributed by atoms with E-state index in [-0.39, 0.29) is 12.1 Å². The highest BCUT2D eigenvalue weighted by molar-refractivity contribution is 7.98. The smallest absolute Gasteiger partial charge is 0.317 e. The zero-order valence-corrected chi connectivity index (χ0v) is 14.5. The second kappa shape index (κ2) is 9.28. The second-order valence-corrected chi connectivity index (χ2v) is 6.97. The van der Waals surface area contributed by atoms with Crippen molar-refractivity contribution in [2.45, 2.75) is 24.7 Å². The van der Waals surface area contributed by atoms with Crippen LogP contribution in [-0.2, 0) is 10.5 Å². The predicted octanol–water partition coefficient (Wildman–Crippen LogP) is 3.39. The molecule has 22 heavy (non-hydrogen) atoms. The summed E-state index contributed by atoms with van der Waals surface area (Å²) in [5.41, 5.74) is 1.21. The molecule has 1 atom stereocenters. The largest absolute Gasteiger partial charge is 0.376 e. The number of carbonyl (C=O) groups is 1. The molecule has 1 aliphatic rings. The number of thioether (sulfide) groups is 1. The molecule has 0 aromatic heterocycles. The zero-order chi connectivity index (χ0) is 15.8. The Bertz CT molecular complexity index is 481. The molecule has 1 aromatic carbocycles. The molecule has 0 aliphatic carbocycles. The monoisotopic (exact) mass is 342 g/mol. The summed E-state index contributed by atoms with van der Waals surface area (Å²) in [6.45, 7) is 2.15. The van der Waals surface area contributed by atoms with Crippen LogP contribution < -0.4 is 5.32 Å². The summed E-state index contributed by atoms with van der Waals surface area (Å²) >= 11 is 7.73. The molecule has 122 valence electrons. The highest BCUT2D eigenvalue weighted by Gasteiger charge is 2.19. The van der Waals surface area contributed by atoms with Crippen molar-refractivity contribution in [3.8, 4) is 0 Å². The number of hydrogen-bond acceptors (Lipinski definition) is 3. The molecule has 0 unspecified atom stereocenters. The first-order valence-electron chi connectivity index (χ1n) is 7.58. The summed E-state index contributed by atoms with van der Waals surface area (Å²) < 4.78 is 5.54. The lowest BCUT2D eigenvalue weighted by atomic mass is 10.2. The van der Waals surface area contributed by atoms with Crippen molar-refractivity contribution in [2.75, 3.05) is 32.5 Å². The van der Waals surface area contributed by atoms with Gasteiger partial charge in [-0.25, -0.2) is 4.79 Å². The van der Waals surface area contributed by atoms with Crippen LogP contribution in [0.15, 0.2) is 24.3 Å². The summed E-state index contributed by atoms with van der Waals surface area (Å²) in [6, 6.07) is 7.84. The van der Waals surface area contributed by atoms with Gasteiger partial charge in [-0.2, -0.15) is 11.8 Å². The van der Waals surface area contributed by atoms with Crippen LogP contribution in [0.5, 0.6) is 0 Å². The quantitative estimate of drug-likeness (QED) is 0.772. The molecule has 1 aliphatic heterocycles. The van der Waals surface area contributed by atoms with Gasteiger partial charge < -0.3 is 15.0 Å². The molecule has 1 heterocycles. The van der Waals surface area contributed by atoms with Gasteiger partial charge >= 0.3 is 6.03 Å². The Morgan fingerprint density at radius 2 is 2.41 bits per heavy atom. The highest BCUT2D eigenvalue weighted by Crippen LogP contribution is 2.16. The van der Waals surface area contributed by atoms with Crippen molar-refractivity contribution in [1.29, 1.82) is 0 Å². The lowest BCUT2D eigenvalue weighted by Gasteiger charge is -2.21. The number of likely N-dealkylation sites (N-methyl/N-ethyl adjacent to an activating group) is 1. The molecule has 0 bridgehead atoms. The molecule has 1 N–H and O–H groups in total. The molecule has 1 saturated heterocycles. The lowest BCUT2D eigenvalue weighted by Crippen LogP contribution is -2.41. The Morgan fingerprint density at radius 1 is 1.55 bits per heavy atom. The fourth-order valence-electron chi connectivity index (χ4n) is 2.36. The van der Waals surface area contributed by atoms with E-state index in [0.717, 1.165) is 36.0 Å². The second-order valence-electron chi connectivity index (χ2n) is 5.43. The standard InChI is InChI=1S/C16H23ClN2O2S/c1-19(11-15-6-3-8-21-15)16(20)18-7-9-22-12-13-4-2-5-14(17)10-13/h2,4-5,10,15H,3,6-9,11-12H2,1H3,(H,18,20)/t15-/m1/s1. The molecular formula is C16H23ClN2O2S. The molecular weight excluding hydrogens is 320 g/mol. The number of halogens is 1. The third-order valence-corrected chi connectivity index (χ3v) is 4.79. The molecule has 4 nitrogen and oxygen atoms in total. The minimum absolute atomic E-state index is 0.0288. The van der Waals surface area contributed by atoms with E-state index in [1.807, 2.05) is 25.2 Å². The molecule has 6 heteroatoms. The normalized spacial score (nSPS) is 17.5. The minimum Gasteiger partial charge on any atom is -0.376 e. The third kappa shape index (κ3) is 6.07. The SMILES string of the molecule is CN(C[C@H]1CCCO1)C(=O)NCCSCc1cccc(Cl)c1. The Hall–Kier alpha value is -0.910. The van der Waals surface area contributed by atoms with Gasteiger partial charge in [0.2, 0.25) is 0 Å². The van der Waals surface area contributed by atoms with Crippen molar-refractivity contribution in [2.24, 2.45) is 0 Å². The minimum atomic E-state index is -0.0288. The van der Waals surface area contributed by atoms with E-state index < -0.39 is 0 Å². The molecule has 1 fully saturated rings.